The van der Waals surface area contributed by atoms with Crippen molar-refractivity contribution >= 4 is 0 Å². The van der Waals surface area contributed by atoms with E-state index in [1.165, 1.54) is 0 Å². The summed E-state index contributed by atoms with van der Waals surface area (Å²) in [6.45, 7) is -4.45. The molecule has 0 heterocycles. The number of hydrogen-bond acceptors (Lipinski definition) is 0. The molecule has 0 spiro atoms. The van der Waals surface area contributed by atoms with Crippen molar-refractivity contribution < 1.29 is 17.6 Å². The second-order valence-electron chi connectivity index (χ2n) is 1.74. The molecule has 0 aliphatic rings. The third kappa shape index (κ3) is 2.37. The summed E-state index contributed by atoms with van der Waals surface area (Å²) in [5.41, 5.74) is -0.824. The molecule has 60 valence electrons. The first-order chi connectivity index (χ1) is 4.79. The number of alkyl halides is 4. The van der Waals surface area contributed by atoms with Crippen molar-refractivity contribution in [3.05, 3.63) is 11.1 Å². The average Bonchev–Trinajstić information content (AvgIpc) is 2.00. The molecule has 0 nitrogen and oxygen atoms in total. The molecule has 0 aromatic carbocycles. The maximum absolute atomic E-state index is 11.7. The Labute approximate surface area is 56.5 Å². The summed E-state index contributed by atoms with van der Waals surface area (Å²) in [5.74, 6) is 0. The molecule has 0 atom stereocenters. The van der Waals surface area contributed by atoms with Crippen molar-refractivity contribution in [2.24, 2.45) is 0 Å². The molecule has 0 amide bonds. The lowest BCUT2D eigenvalue weighted by atomic mass is 10.2. The standard InChI is InChI=1S/C6H8F4/c7-1-5(2-8)6(3-9)4-10/h1-4H2. The minimum atomic E-state index is -1.11. The van der Waals surface area contributed by atoms with Gasteiger partial charge in [-0.3, -0.25) is 0 Å². The van der Waals surface area contributed by atoms with E-state index in [-0.39, 0.29) is 0 Å². The quantitative estimate of drug-likeness (QED) is 0.432. The van der Waals surface area contributed by atoms with Crippen molar-refractivity contribution in [2.45, 2.75) is 0 Å². The Morgan fingerprint density at radius 3 is 0.900 bits per heavy atom. The van der Waals surface area contributed by atoms with E-state index in [2.05, 4.69) is 0 Å². The second-order valence-corrected chi connectivity index (χ2v) is 1.74. The number of rotatable bonds is 4. The van der Waals surface area contributed by atoms with Gasteiger partial charge in [0, 0.05) is 0 Å². The molecule has 0 N–H and O–H groups in total. The molecule has 0 fully saturated rings. The molecule has 0 saturated carbocycles. The largest absolute Gasteiger partial charge is 0.246 e. The molecule has 0 bridgehead atoms. The SMILES string of the molecule is FCC(CF)=C(CF)CF. The first-order valence-electron chi connectivity index (χ1n) is 2.73. The van der Waals surface area contributed by atoms with E-state index in [1.807, 2.05) is 0 Å². The molecule has 0 saturated heterocycles. The second kappa shape index (κ2) is 5.26. The Bertz CT molecular complexity index is 92.9. The number of halogens is 4. The molecule has 0 aromatic rings. The lowest BCUT2D eigenvalue weighted by Gasteiger charge is -2.00. The summed E-state index contributed by atoms with van der Waals surface area (Å²) < 4.78 is 46.6. The molecule has 4 heteroatoms. The molecule has 0 aliphatic heterocycles. The molecule has 0 rings (SSSR count). The van der Waals surface area contributed by atoms with Crippen LogP contribution < -0.4 is 0 Å². The van der Waals surface area contributed by atoms with Gasteiger partial charge in [0.2, 0.25) is 0 Å². The van der Waals surface area contributed by atoms with Crippen LogP contribution in [0.1, 0.15) is 0 Å². The Morgan fingerprint density at radius 2 is 0.800 bits per heavy atom. The summed E-state index contributed by atoms with van der Waals surface area (Å²) in [7, 11) is 0. The van der Waals surface area contributed by atoms with E-state index in [4.69, 9.17) is 0 Å². The minimum absolute atomic E-state index is 0.412. The van der Waals surface area contributed by atoms with E-state index in [0.717, 1.165) is 0 Å². The zero-order valence-electron chi connectivity index (χ0n) is 5.34. The van der Waals surface area contributed by atoms with Crippen LogP contribution in [0.3, 0.4) is 0 Å². The van der Waals surface area contributed by atoms with Gasteiger partial charge >= 0.3 is 0 Å². The van der Waals surface area contributed by atoms with E-state index < -0.39 is 37.8 Å². The van der Waals surface area contributed by atoms with Crippen LogP contribution in [0.25, 0.3) is 0 Å². The fraction of sp³-hybridized carbons (Fsp3) is 0.667. The van der Waals surface area contributed by atoms with Gasteiger partial charge in [0.05, 0.1) is 0 Å². The highest BCUT2D eigenvalue weighted by atomic mass is 19.1. The summed E-state index contributed by atoms with van der Waals surface area (Å²) in [4.78, 5) is 0. The van der Waals surface area contributed by atoms with Gasteiger partial charge in [-0.15, -0.1) is 0 Å². The summed E-state index contributed by atoms with van der Waals surface area (Å²) in [6.07, 6.45) is 0. The monoisotopic (exact) mass is 156 g/mol. The topological polar surface area (TPSA) is 0 Å². The van der Waals surface area contributed by atoms with Crippen molar-refractivity contribution in [3.8, 4) is 0 Å². The third-order valence-electron chi connectivity index (χ3n) is 1.15. The van der Waals surface area contributed by atoms with Gasteiger partial charge in [-0.1, -0.05) is 0 Å². The van der Waals surface area contributed by atoms with Crippen molar-refractivity contribution in [1.29, 1.82) is 0 Å². The molecule has 0 radical (unpaired) electrons. The fourth-order valence-corrected chi connectivity index (χ4v) is 0.449. The predicted molar refractivity (Wildman–Crippen MR) is 30.9 cm³/mol. The van der Waals surface area contributed by atoms with E-state index in [1.54, 1.807) is 0 Å². The van der Waals surface area contributed by atoms with Gasteiger partial charge in [0.15, 0.2) is 0 Å². The van der Waals surface area contributed by atoms with Gasteiger partial charge in [-0.2, -0.15) is 0 Å². The summed E-state index contributed by atoms with van der Waals surface area (Å²) in [5, 5.41) is 0. The third-order valence-corrected chi connectivity index (χ3v) is 1.15. The molecule has 0 aliphatic carbocycles. The van der Waals surface area contributed by atoms with Crippen LogP contribution in [-0.2, 0) is 0 Å². The van der Waals surface area contributed by atoms with E-state index in [0.29, 0.717) is 0 Å². The normalized spacial score (nSPS) is 9.60. The minimum Gasteiger partial charge on any atom is -0.246 e. The Kier molecular flexibility index (Phi) is 4.98. The average molecular weight is 156 g/mol. The molecule has 0 unspecified atom stereocenters. The zero-order valence-corrected chi connectivity index (χ0v) is 5.34. The van der Waals surface area contributed by atoms with Gasteiger partial charge in [0.25, 0.3) is 0 Å². The summed E-state index contributed by atoms with van der Waals surface area (Å²) in [6, 6.07) is 0. The smallest absolute Gasteiger partial charge is 0.113 e. The Morgan fingerprint density at radius 1 is 0.600 bits per heavy atom. The van der Waals surface area contributed by atoms with Crippen LogP contribution in [0.4, 0.5) is 17.6 Å². The fourth-order valence-electron chi connectivity index (χ4n) is 0.449. The highest BCUT2D eigenvalue weighted by Crippen LogP contribution is 2.07. The van der Waals surface area contributed by atoms with Gasteiger partial charge in [-0.05, 0) is 11.1 Å². The highest BCUT2D eigenvalue weighted by molar-refractivity contribution is 5.15. The van der Waals surface area contributed by atoms with E-state index >= 15 is 0 Å². The van der Waals surface area contributed by atoms with Crippen LogP contribution in [-0.4, -0.2) is 26.7 Å². The first kappa shape index (κ1) is 9.46. The van der Waals surface area contributed by atoms with Crippen molar-refractivity contribution in [2.75, 3.05) is 26.7 Å². The zero-order chi connectivity index (χ0) is 7.98. The van der Waals surface area contributed by atoms with Crippen LogP contribution in [0, 0.1) is 0 Å². The molecular weight excluding hydrogens is 148 g/mol. The van der Waals surface area contributed by atoms with Crippen LogP contribution in [0.5, 0.6) is 0 Å². The van der Waals surface area contributed by atoms with E-state index in [9.17, 15) is 17.6 Å². The lowest BCUT2D eigenvalue weighted by Crippen LogP contribution is -2.00. The maximum atomic E-state index is 11.7. The van der Waals surface area contributed by atoms with Gasteiger partial charge < -0.3 is 0 Å². The number of allylic oxidation sites excluding steroid dienone is 2. The van der Waals surface area contributed by atoms with Crippen LogP contribution >= 0.6 is 0 Å². The first-order valence-corrected chi connectivity index (χ1v) is 2.73. The number of hydrogen-bond donors (Lipinski definition) is 0. The Hall–Kier alpha value is -0.540. The highest BCUT2D eigenvalue weighted by Gasteiger charge is 2.05. The summed E-state index contributed by atoms with van der Waals surface area (Å²) >= 11 is 0. The maximum Gasteiger partial charge on any atom is 0.113 e. The Balaban J connectivity index is 4.20. The van der Waals surface area contributed by atoms with Crippen molar-refractivity contribution in [1.82, 2.24) is 0 Å². The molecule has 0 aromatic heterocycles. The van der Waals surface area contributed by atoms with Gasteiger partial charge in [0.1, 0.15) is 26.7 Å². The molecule has 10 heavy (non-hydrogen) atoms. The predicted octanol–water partition coefficient (Wildman–Crippen LogP) is 2.16. The van der Waals surface area contributed by atoms with Crippen molar-refractivity contribution in [3.63, 3.8) is 0 Å². The van der Waals surface area contributed by atoms with Crippen LogP contribution in [0.15, 0.2) is 11.1 Å². The van der Waals surface area contributed by atoms with Crippen LogP contribution in [0.2, 0.25) is 0 Å². The molecular formula is C6H8F4. The lowest BCUT2D eigenvalue weighted by molar-refractivity contribution is 0.432. The van der Waals surface area contributed by atoms with Gasteiger partial charge in [-0.25, -0.2) is 17.6 Å².